The average Bonchev–Trinajstić information content (AvgIpc) is 3.55. The molecule has 0 bridgehead atoms. The molecule has 4 aliphatic rings. The van der Waals surface area contributed by atoms with Gasteiger partial charge in [0.2, 0.25) is 11.8 Å². The lowest BCUT2D eigenvalue weighted by molar-refractivity contribution is -0.138. The Morgan fingerprint density at radius 3 is 2.41 bits per heavy atom. The Morgan fingerprint density at radius 1 is 1.06 bits per heavy atom. The van der Waals surface area contributed by atoms with Crippen LogP contribution < -0.4 is 15.5 Å². The van der Waals surface area contributed by atoms with Gasteiger partial charge >= 0.3 is 6.18 Å². The predicted molar refractivity (Wildman–Crippen MR) is 165 cm³/mol. The number of hydrogen-bond acceptors (Lipinski definition) is 7. The van der Waals surface area contributed by atoms with E-state index in [-0.39, 0.29) is 46.3 Å². The van der Waals surface area contributed by atoms with E-state index >= 15 is 4.39 Å². The second-order valence-electron chi connectivity index (χ2n) is 12.4. The summed E-state index contributed by atoms with van der Waals surface area (Å²) in [5, 5.41) is 8.85. The molecule has 49 heavy (non-hydrogen) atoms. The van der Waals surface area contributed by atoms with Crippen molar-refractivity contribution < 1.29 is 41.5 Å². The first-order valence-electron chi connectivity index (χ1n) is 15.3. The van der Waals surface area contributed by atoms with Crippen LogP contribution in [0.5, 0.6) is 0 Å². The number of piperidine rings is 1. The van der Waals surface area contributed by atoms with Gasteiger partial charge in [-0.15, -0.1) is 0 Å². The van der Waals surface area contributed by atoms with Crippen LogP contribution >= 0.6 is 11.6 Å². The van der Waals surface area contributed by atoms with Crippen LogP contribution in [0.3, 0.4) is 0 Å². The summed E-state index contributed by atoms with van der Waals surface area (Å²) in [6, 6.07) is 3.84. The van der Waals surface area contributed by atoms with Crippen LogP contribution in [-0.2, 0) is 26.1 Å². The molecule has 5 amide bonds. The molecule has 1 unspecified atom stereocenters. The number of benzene rings is 2. The van der Waals surface area contributed by atoms with Crippen molar-refractivity contribution in [2.75, 3.05) is 23.3 Å². The molecule has 0 spiro atoms. The van der Waals surface area contributed by atoms with E-state index < -0.39 is 58.7 Å². The van der Waals surface area contributed by atoms with Crippen LogP contribution in [0.25, 0.3) is 0 Å². The number of fused-ring (bicyclic) bond motifs is 1. The van der Waals surface area contributed by atoms with Crippen molar-refractivity contribution in [2.24, 2.45) is 5.92 Å². The number of nitrogens with zero attached hydrogens (tertiary/aromatic N) is 4. The zero-order valence-corrected chi connectivity index (χ0v) is 26.1. The van der Waals surface area contributed by atoms with Gasteiger partial charge in [0.1, 0.15) is 17.4 Å². The molecular formula is C33H25ClF4N6O5. The first-order valence-corrected chi connectivity index (χ1v) is 15.7. The molecule has 1 saturated carbocycles. The fraction of sp³-hybridized carbons (Fsp3) is 0.333. The van der Waals surface area contributed by atoms with Gasteiger partial charge in [0.25, 0.3) is 17.7 Å². The maximum Gasteiger partial charge on any atom is 0.416 e. The lowest BCUT2D eigenvalue weighted by Gasteiger charge is -2.40. The minimum absolute atomic E-state index is 0.0113. The Bertz CT molecular complexity index is 2020. The van der Waals surface area contributed by atoms with Crippen LogP contribution in [-0.4, -0.2) is 63.3 Å². The molecule has 252 valence electrons. The van der Waals surface area contributed by atoms with Gasteiger partial charge in [0.15, 0.2) is 0 Å². The third kappa shape index (κ3) is 5.59. The Hall–Kier alpha value is -5.23. The molecule has 0 radical (unpaired) electrons. The number of aromatic nitrogens is 2. The van der Waals surface area contributed by atoms with Gasteiger partial charge in [-0.1, -0.05) is 23.4 Å². The first kappa shape index (κ1) is 32.3. The second-order valence-corrected chi connectivity index (χ2v) is 12.8. The normalized spacial score (nSPS) is 20.2. The number of rotatable bonds is 5. The summed E-state index contributed by atoms with van der Waals surface area (Å²) < 4.78 is 55.7. The topological polar surface area (TPSA) is 134 Å². The zero-order valence-electron chi connectivity index (χ0n) is 25.4. The molecule has 1 atom stereocenters. The van der Waals surface area contributed by atoms with E-state index in [0.717, 1.165) is 35.6 Å². The quantitative estimate of drug-likeness (QED) is 0.233. The molecule has 2 N–H and O–H groups in total. The SMILES string of the molecule is O=C1CCC(N2C(=O)c3cc(F)c(N4CC(C#Cc5cnn(C6(C(=O)Nc7ccc(C(F)(F)F)cc7Cl)CCC6)c5)C4)cc3C2=O)C(=O)N1. The van der Waals surface area contributed by atoms with Crippen molar-refractivity contribution in [1.29, 1.82) is 0 Å². The van der Waals surface area contributed by atoms with Crippen LogP contribution in [0.15, 0.2) is 42.7 Å². The summed E-state index contributed by atoms with van der Waals surface area (Å²) >= 11 is 6.04. The minimum atomic E-state index is -4.57. The van der Waals surface area contributed by atoms with Gasteiger partial charge in [-0.25, -0.2) is 4.39 Å². The van der Waals surface area contributed by atoms with Gasteiger partial charge in [0, 0.05) is 25.7 Å². The number of carbonyl (C=O) groups is 5. The van der Waals surface area contributed by atoms with Crippen molar-refractivity contribution in [3.05, 3.63) is 75.8 Å². The molecule has 2 saturated heterocycles. The van der Waals surface area contributed by atoms with Gasteiger partial charge in [0.05, 0.1) is 50.8 Å². The lowest BCUT2D eigenvalue weighted by atomic mass is 9.76. The number of hydrogen-bond donors (Lipinski definition) is 2. The van der Waals surface area contributed by atoms with E-state index in [9.17, 15) is 37.1 Å². The lowest BCUT2D eigenvalue weighted by Crippen LogP contribution is -2.54. The standard InChI is InChI=1S/C33H25ClF4N6O5/c34-22-10-19(33(36,37)38)4-5-24(22)40-31(49)32(8-1-9-32)43-16-17(13-39-43)2-3-18-14-42(15-18)26-12-21-20(11-23(26)35)29(47)44(30(21)48)25-6-7-27(45)41-28(25)46/h4-5,10-13,16,18,25H,1,6-9,14-15H2,(H,40,49)(H,41,45,46). The zero-order chi connectivity index (χ0) is 34.8. The van der Waals surface area contributed by atoms with Crippen molar-refractivity contribution in [3.63, 3.8) is 0 Å². The van der Waals surface area contributed by atoms with Gasteiger partial charge in [-0.2, -0.15) is 18.3 Å². The average molecular weight is 697 g/mol. The highest BCUT2D eigenvalue weighted by Crippen LogP contribution is 2.41. The van der Waals surface area contributed by atoms with Crippen molar-refractivity contribution in [1.82, 2.24) is 20.0 Å². The van der Waals surface area contributed by atoms with Crippen LogP contribution in [0.4, 0.5) is 28.9 Å². The maximum atomic E-state index is 15.2. The number of amides is 5. The smallest absolute Gasteiger partial charge is 0.367 e. The Labute approximate surface area is 280 Å². The minimum Gasteiger partial charge on any atom is -0.367 e. The van der Waals surface area contributed by atoms with Crippen molar-refractivity contribution >= 4 is 52.5 Å². The summed E-state index contributed by atoms with van der Waals surface area (Å²) in [5.41, 5.74) is -1.48. The van der Waals surface area contributed by atoms with E-state index in [1.807, 2.05) is 0 Å². The Balaban J connectivity index is 1.00. The molecule has 16 heteroatoms. The van der Waals surface area contributed by atoms with Crippen molar-refractivity contribution in [2.45, 2.75) is 49.9 Å². The monoisotopic (exact) mass is 696 g/mol. The third-order valence-corrected chi connectivity index (χ3v) is 9.63. The molecule has 4 heterocycles. The summed E-state index contributed by atoms with van der Waals surface area (Å²) in [7, 11) is 0. The largest absolute Gasteiger partial charge is 0.416 e. The van der Waals surface area contributed by atoms with Crippen LogP contribution in [0.2, 0.25) is 5.02 Å². The molecule has 3 aromatic rings. The van der Waals surface area contributed by atoms with E-state index in [1.54, 1.807) is 11.1 Å². The second kappa shape index (κ2) is 11.7. The number of imide groups is 2. The predicted octanol–water partition coefficient (Wildman–Crippen LogP) is 4.10. The molecule has 11 nitrogen and oxygen atoms in total. The fourth-order valence-corrected chi connectivity index (χ4v) is 6.63. The Morgan fingerprint density at radius 2 is 1.78 bits per heavy atom. The number of anilines is 2. The summed E-state index contributed by atoms with van der Waals surface area (Å²) in [4.78, 5) is 65.7. The molecule has 2 aromatic carbocycles. The molecule has 7 rings (SSSR count). The summed E-state index contributed by atoms with van der Waals surface area (Å²) in [6.45, 7) is 0.659. The van der Waals surface area contributed by atoms with Gasteiger partial charge < -0.3 is 10.2 Å². The molecule has 1 aliphatic carbocycles. The molecule has 3 fully saturated rings. The van der Waals surface area contributed by atoms with Gasteiger partial charge in [-0.05, 0) is 56.0 Å². The van der Waals surface area contributed by atoms with Crippen LogP contribution in [0, 0.1) is 23.6 Å². The molecule has 1 aromatic heterocycles. The summed E-state index contributed by atoms with van der Waals surface area (Å²) in [6.07, 6.45) is 0.146. The number of alkyl halides is 3. The number of nitrogens with one attached hydrogen (secondary N) is 2. The highest BCUT2D eigenvalue weighted by molar-refractivity contribution is 6.33. The number of halogens is 5. The first-order chi connectivity index (χ1) is 23.2. The maximum absolute atomic E-state index is 15.2. The van der Waals surface area contributed by atoms with E-state index in [4.69, 9.17) is 11.6 Å². The number of carbonyl (C=O) groups excluding carboxylic acids is 5. The molecular weight excluding hydrogens is 672 g/mol. The van der Waals surface area contributed by atoms with E-state index in [1.165, 1.54) is 16.9 Å². The van der Waals surface area contributed by atoms with Gasteiger partial charge in [-0.3, -0.25) is 38.9 Å². The van der Waals surface area contributed by atoms with Crippen LogP contribution in [0.1, 0.15) is 63.9 Å². The van der Waals surface area contributed by atoms with E-state index in [0.29, 0.717) is 31.5 Å². The van der Waals surface area contributed by atoms with Crippen molar-refractivity contribution in [3.8, 4) is 11.8 Å². The third-order valence-electron chi connectivity index (χ3n) is 9.32. The van der Waals surface area contributed by atoms with E-state index in [2.05, 4.69) is 27.6 Å². The Kier molecular flexibility index (Phi) is 7.74. The highest BCUT2D eigenvalue weighted by Gasteiger charge is 2.48. The summed E-state index contributed by atoms with van der Waals surface area (Å²) in [5.74, 6) is 2.00. The molecule has 3 aliphatic heterocycles. The highest BCUT2D eigenvalue weighted by atomic mass is 35.5. The fourth-order valence-electron chi connectivity index (χ4n) is 6.40.